The third kappa shape index (κ3) is 1.76. The van der Waals surface area contributed by atoms with E-state index in [2.05, 4.69) is 0 Å². The number of fused-ring (bicyclic) bond motifs is 2. The van der Waals surface area contributed by atoms with Crippen molar-refractivity contribution in [1.29, 1.82) is 0 Å². The number of carbonyl (C=O) groups excluding carboxylic acids is 1. The molecule has 5 atom stereocenters. The molecule has 1 saturated carbocycles. The van der Waals surface area contributed by atoms with E-state index in [4.69, 9.17) is 9.47 Å². The lowest BCUT2D eigenvalue weighted by Gasteiger charge is -2.39. The number of rotatable bonds is 1. The summed E-state index contributed by atoms with van der Waals surface area (Å²) in [5, 5.41) is 9.67. The molecule has 0 aromatic rings. The van der Waals surface area contributed by atoms with Crippen LogP contribution in [0.25, 0.3) is 0 Å². The third-order valence-corrected chi connectivity index (χ3v) is 3.55. The average Bonchev–Trinajstić information content (AvgIpc) is 2.33. The fourth-order valence-electron chi connectivity index (χ4n) is 3.05. The van der Waals surface area contributed by atoms with Gasteiger partial charge in [-0.15, -0.1) is 0 Å². The first kappa shape index (κ1) is 10.9. The van der Waals surface area contributed by atoms with Crippen LogP contribution in [0.3, 0.4) is 0 Å². The number of hydrogen-bond acceptors (Lipinski definition) is 4. The van der Waals surface area contributed by atoms with E-state index in [1.165, 1.54) is 6.92 Å². The van der Waals surface area contributed by atoms with Gasteiger partial charge in [0.25, 0.3) is 0 Å². The Kier molecular flexibility index (Phi) is 2.51. The average molecular weight is 214 g/mol. The van der Waals surface area contributed by atoms with Gasteiger partial charge in [0.2, 0.25) is 0 Å². The highest BCUT2D eigenvalue weighted by atomic mass is 16.6. The molecular formula is C11H18O4. The van der Waals surface area contributed by atoms with Gasteiger partial charge in [-0.05, 0) is 25.7 Å². The van der Waals surface area contributed by atoms with Crippen molar-refractivity contribution < 1.29 is 19.4 Å². The van der Waals surface area contributed by atoms with Crippen LogP contribution < -0.4 is 0 Å². The Labute approximate surface area is 89.6 Å². The lowest BCUT2D eigenvalue weighted by molar-refractivity contribution is -0.191. The Balaban J connectivity index is 2.19. The second-order valence-electron chi connectivity index (χ2n) is 5.03. The van der Waals surface area contributed by atoms with Gasteiger partial charge in [0.15, 0.2) is 6.29 Å². The number of aliphatic hydroxyl groups is 1. The highest BCUT2D eigenvalue weighted by Gasteiger charge is 2.55. The minimum absolute atomic E-state index is 0.191. The molecule has 1 aliphatic heterocycles. The summed E-state index contributed by atoms with van der Waals surface area (Å²) in [5.41, 5.74) is -0.507. The van der Waals surface area contributed by atoms with E-state index in [9.17, 15) is 9.90 Å². The van der Waals surface area contributed by atoms with E-state index in [1.54, 1.807) is 0 Å². The van der Waals surface area contributed by atoms with Gasteiger partial charge < -0.3 is 14.6 Å². The van der Waals surface area contributed by atoms with Crippen LogP contribution in [-0.4, -0.2) is 29.1 Å². The fraction of sp³-hybridized carbons (Fsp3) is 0.909. The predicted molar refractivity (Wildman–Crippen MR) is 52.9 cm³/mol. The van der Waals surface area contributed by atoms with Crippen LogP contribution >= 0.6 is 0 Å². The standard InChI is InChI=1S/C11H18O4/c1-6-4-8-5-11(3,15-10(8)13)9(6)14-7(2)12/h6,8-10,13H,4-5H2,1-3H3. The van der Waals surface area contributed by atoms with Crippen molar-refractivity contribution in [3.8, 4) is 0 Å². The van der Waals surface area contributed by atoms with E-state index in [1.807, 2.05) is 13.8 Å². The van der Waals surface area contributed by atoms with E-state index >= 15 is 0 Å². The zero-order valence-electron chi connectivity index (χ0n) is 9.40. The number of hydrogen-bond donors (Lipinski definition) is 1. The zero-order chi connectivity index (χ0) is 11.2. The van der Waals surface area contributed by atoms with Gasteiger partial charge in [-0.1, -0.05) is 6.92 Å². The van der Waals surface area contributed by atoms with Crippen molar-refractivity contribution >= 4 is 5.97 Å². The normalized spacial score (nSPS) is 49.1. The molecule has 15 heavy (non-hydrogen) atoms. The number of carbonyl (C=O) groups is 1. The minimum Gasteiger partial charge on any atom is -0.459 e. The van der Waals surface area contributed by atoms with Crippen molar-refractivity contribution in [2.24, 2.45) is 11.8 Å². The Hall–Kier alpha value is -0.610. The van der Waals surface area contributed by atoms with Gasteiger partial charge >= 0.3 is 5.97 Å². The number of ether oxygens (including phenoxy) is 2. The quantitative estimate of drug-likeness (QED) is 0.663. The van der Waals surface area contributed by atoms with Crippen molar-refractivity contribution in [2.75, 3.05) is 0 Å². The third-order valence-electron chi connectivity index (χ3n) is 3.55. The molecule has 5 unspecified atom stereocenters. The number of esters is 1. The molecular weight excluding hydrogens is 196 g/mol. The largest absolute Gasteiger partial charge is 0.459 e. The van der Waals surface area contributed by atoms with E-state index in [0.717, 1.165) is 12.8 Å². The van der Waals surface area contributed by atoms with Crippen LogP contribution in [0.5, 0.6) is 0 Å². The van der Waals surface area contributed by atoms with Gasteiger partial charge in [-0.3, -0.25) is 4.79 Å². The molecule has 0 aromatic carbocycles. The van der Waals surface area contributed by atoms with Crippen molar-refractivity contribution in [3.05, 3.63) is 0 Å². The van der Waals surface area contributed by atoms with Gasteiger partial charge in [0.1, 0.15) is 11.7 Å². The van der Waals surface area contributed by atoms with Crippen LogP contribution in [-0.2, 0) is 14.3 Å². The topological polar surface area (TPSA) is 55.8 Å². The molecule has 0 aromatic heterocycles. The molecule has 0 amide bonds. The summed E-state index contributed by atoms with van der Waals surface area (Å²) >= 11 is 0. The molecule has 1 heterocycles. The Morgan fingerprint density at radius 1 is 1.60 bits per heavy atom. The lowest BCUT2D eigenvalue weighted by Crippen LogP contribution is -2.48. The Morgan fingerprint density at radius 2 is 2.27 bits per heavy atom. The molecule has 2 fully saturated rings. The van der Waals surface area contributed by atoms with E-state index in [0.29, 0.717) is 0 Å². The summed E-state index contributed by atoms with van der Waals surface area (Å²) in [7, 11) is 0. The highest BCUT2D eigenvalue weighted by Crippen LogP contribution is 2.48. The van der Waals surface area contributed by atoms with Crippen molar-refractivity contribution in [1.82, 2.24) is 0 Å². The number of aliphatic hydroxyl groups excluding tert-OH is 1. The van der Waals surface area contributed by atoms with Gasteiger partial charge in [-0.25, -0.2) is 0 Å². The first-order valence-electron chi connectivity index (χ1n) is 5.45. The van der Waals surface area contributed by atoms with E-state index < -0.39 is 11.9 Å². The monoisotopic (exact) mass is 214 g/mol. The molecule has 4 heteroatoms. The van der Waals surface area contributed by atoms with Crippen LogP contribution in [0.4, 0.5) is 0 Å². The molecule has 86 valence electrons. The summed E-state index contributed by atoms with van der Waals surface area (Å²) in [6.45, 7) is 5.37. The second kappa shape index (κ2) is 3.46. The van der Waals surface area contributed by atoms with Crippen LogP contribution in [0.2, 0.25) is 0 Å². The molecule has 2 rings (SSSR count). The summed E-state index contributed by atoms with van der Waals surface area (Å²) in [6.07, 6.45) is 0.701. The van der Waals surface area contributed by atoms with E-state index in [-0.39, 0.29) is 23.9 Å². The molecule has 1 N–H and O–H groups in total. The van der Waals surface area contributed by atoms with Crippen molar-refractivity contribution in [3.63, 3.8) is 0 Å². The van der Waals surface area contributed by atoms with Crippen LogP contribution in [0.1, 0.15) is 33.6 Å². The maximum absolute atomic E-state index is 11.0. The maximum atomic E-state index is 11.0. The molecule has 1 saturated heterocycles. The molecule has 2 bridgehead atoms. The molecule has 0 spiro atoms. The zero-order valence-corrected chi connectivity index (χ0v) is 9.40. The van der Waals surface area contributed by atoms with Crippen molar-refractivity contribution in [2.45, 2.75) is 51.6 Å². The predicted octanol–water partition coefficient (Wildman–Crippen LogP) is 1.07. The smallest absolute Gasteiger partial charge is 0.303 e. The van der Waals surface area contributed by atoms with Crippen LogP contribution in [0.15, 0.2) is 0 Å². The molecule has 2 aliphatic rings. The van der Waals surface area contributed by atoms with Gasteiger partial charge in [-0.2, -0.15) is 0 Å². The molecule has 4 nitrogen and oxygen atoms in total. The maximum Gasteiger partial charge on any atom is 0.303 e. The lowest BCUT2D eigenvalue weighted by atomic mass is 9.74. The summed E-state index contributed by atoms with van der Waals surface area (Å²) < 4.78 is 10.8. The second-order valence-corrected chi connectivity index (χ2v) is 5.03. The molecule has 0 radical (unpaired) electrons. The Bertz CT molecular complexity index is 274. The first-order chi connectivity index (χ1) is 6.92. The van der Waals surface area contributed by atoms with Crippen LogP contribution in [0, 0.1) is 11.8 Å². The fourth-order valence-corrected chi connectivity index (χ4v) is 3.05. The SMILES string of the molecule is CC(=O)OC1C(C)CC2CC1(C)OC2O. The summed E-state index contributed by atoms with van der Waals surface area (Å²) in [4.78, 5) is 11.0. The minimum atomic E-state index is -0.696. The first-order valence-corrected chi connectivity index (χ1v) is 5.45. The summed E-state index contributed by atoms with van der Waals surface area (Å²) in [5.74, 6) is 0.156. The summed E-state index contributed by atoms with van der Waals surface area (Å²) in [6, 6.07) is 0. The highest BCUT2D eigenvalue weighted by molar-refractivity contribution is 5.66. The van der Waals surface area contributed by atoms with Gasteiger partial charge in [0, 0.05) is 12.8 Å². The Morgan fingerprint density at radius 3 is 2.87 bits per heavy atom. The molecule has 1 aliphatic carbocycles. The van der Waals surface area contributed by atoms with Gasteiger partial charge in [0.05, 0.1) is 0 Å².